The van der Waals surface area contributed by atoms with E-state index in [1.807, 2.05) is 11.9 Å². The Hall–Kier alpha value is -2.11. The second-order valence-electron chi connectivity index (χ2n) is 10.1. The predicted molar refractivity (Wildman–Crippen MR) is 139 cm³/mol. The van der Waals surface area contributed by atoms with E-state index in [4.69, 9.17) is 4.74 Å². The first-order valence-electron chi connectivity index (χ1n) is 11.5. The number of rotatable bonds is 8. The van der Waals surface area contributed by atoms with Crippen LogP contribution in [0.3, 0.4) is 0 Å². The number of pyridine rings is 1. The standard InChI is InChI=1S/C24H32BrF3N4O2Si/c1-15-14-32(7-6-31(15)2)21-12-19(26)18(25)11-20(21)30-24(33)17-13-29-22(10-16(17)23(27)28)34-8-9-35(3,4)5/h10-13,15,23H,6-9,14H2,1-5H3,(H,30,33). The maximum atomic E-state index is 14.4. The number of carbonyl (C=O) groups excluding carboxylic acids is 1. The molecule has 3 rings (SSSR count). The van der Waals surface area contributed by atoms with Gasteiger partial charge in [-0.05, 0) is 42.0 Å². The molecule has 6 nitrogen and oxygen atoms in total. The van der Waals surface area contributed by atoms with Crippen molar-refractivity contribution in [2.24, 2.45) is 0 Å². The number of nitrogens with zero attached hydrogens (tertiary/aromatic N) is 3. The largest absolute Gasteiger partial charge is 0.478 e. The normalized spacial score (nSPS) is 17.1. The summed E-state index contributed by atoms with van der Waals surface area (Å²) in [4.78, 5) is 21.3. The summed E-state index contributed by atoms with van der Waals surface area (Å²) in [6.45, 7) is 11.0. The molecule has 1 aliphatic heterocycles. The molecule has 1 aliphatic rings. The molecule has 2 heterocycles. The van der Waals surface area contributed by atoms with E-state index in [1.165, 1.54) is 12.1 Å². The number of likely N-dealkylation sites (N-methyl/N-ethyl adjacent to an activating group) is 1. The van der Waals surface area contributed by atoms with Gasteiger partial charge in [0.2, 0.25) is 5.88 Å². The molecular formula is C24H32BrF3N4O2Si. The molecule has 0 spiro atoms. The molecule has 0 aliphatic carbocycles. The Morgan fingerprint density at radius 3 is 2.63 bits per heavy atom. The summed E-state index contributed by atoms with van der Waals surface area (Å²) in [6, 6.07) is 5.00. The van der Waals surface area contributed by atoms with E-state index >= 15 is 0 Å². The van der Waals surface area contributed by atoms with Crippen LogP contribution in [0.5, 0.6) is 5.88 Å². The second kappa shape index (κ2) is 11.3. The Labute approximate surface area is 214 Å². The van der Waals surface area contributed by atoms with Gasteiger partial charge in [0, 0.05) is 57.6 Å². The number of anilines is 2. The van der Waals surface area contributed by atoms with Crippen LogP contribution in [0.15, 0.2) is 28.9 Å². The summed E-state index contributed by atoms with van der Waals surface area (Å²) in [5, 5.41) is 2.70. The quantitative estimate of drug-likeness (QED) is 0.391. The fourth-order valence-electron chi connectivity index (χ4n) is 3.72. The molecule has 1 atom stereocenters. The number of amides is 1. The van der Waals surface area contributed by atoms with Crippen molar-refractivity contribution in [2.45, 2.75) is 45.1 Å². The molecule has 35 heavy (non-hydrogen) atoms. The average molecular weight is 574 g/mol. The van der Waals surface area contributed by atoms with E-state index in [9.17, 15) is 18.0 Å². The number of ether oxygens (including phenoxy) is 1. The van der Waals surface area contributed by atoms with Crippen LogP contribution in [0.2, 0.25) is 25.7 Å². The van der Waals surface area contributed by atoms with Gasteiger partial charge in [-0.3, -0.25) is 4.79 Å². The number of piperazine rings is 1. The van der Waals surface area contributed by atoms with Gasteiger partial charge >= 0.3 is 0 Å². The third-order valence-corrected chi connectivity index (χ3v) is 8.39. The van der Waals surface area contributed by atoms with Gasteiger partial charge in [0.1, 0.15) is 5.82 Å². The minimum absolute atomic E-state index is 0.0618. The van der Waals surface area contributed by atoms with Gasteiger partial charge in [0.05, 0.1) is 28.0 Å². The van der Waals surface area contributed by atoms with Crippen LogP contribution in [0.1, 0.15) is 29.3 Å². The molecule has 192 valence electrons. The van der Waals surface area contributed by atoms with Gasteiger partial charge in [0.25, 0.3) is 12.3 Å². The molecule has 1 aromatic heterocycles. The minimum Gasteiger partial charge on any atom is -0.478 e. The van der Waals surface area contributed by atoms with Crippen molar-refractivity contribution in [1.29, 1.82) is 0 Å². The third kappa shape index (κ3) is 7.20. The topological polar surface area (TPSA) is 57.7 Å². The lowest BCUT2D eigenvalue weighted by molar-refractivity contribution is 0.101. The minimum atomic E-state index is -2.89. The van der Waals surface area contributed by atoms with Crippen LogP contribution in [0, 0.1) is 5.82 Å². The maximum absolute atomic E-state index is 14.4. The summed E-state index contributed by atoms with van der Waals surface area (Å²) in [5.74, 6) is -1.16. The van der Waals surface area contributed by atoms with Crippen LogP contribution < -0.4 is 15.0 Å². The molecular weight excluding hydrogens is 541 g/mol. The average Bonchev–Trinajstić information content (AvgIpc) is 2.77. The van der Waals surface area contributed by atoms with E-state index in [1.54, 1.807) is 0 Å². The van der Waals surface area contributed by atoms with Crippen molar-refractivity contribution in [3.05, 3.63) is 45.8 Å². The molecule has 0 saturated carbocycles. The third-order valence-electron chi connectivity index (χ3n) is 6.08. The van der Waals surface area contributed by atoms with Crippen molar-refractivity contribution >= 4 is 41.3 Å². The maximum Gasteiger partial charge on any atom is 0.264 e. The zero-order chi connectivity index (χ0) is 25.9. The SMILES string of the molecule is CC1CN(c2cc(F)c(Br)cc2NC(=O)c2cnc(OCC[Si](C)(C)C)cc2C(F)F)CCN1C. The highest BCUT2D eigenvalue weighted by molar-refractivity contribution is 9.10. The van der Waals surface area contributed by atoms with Crippen molar-refractivity contribution < 1.29 is 22.7 Å². The second-order valence-corrected chi connectivity index (χ2v) is 16.6. The molecule has 1 amide bonds. The number of carbonyl (C=O) groups is 1. The first kappa shape index (κ1) is 27.5. The molecule has 1 aromatic carbocycles. The Morgan fingerprint density at radius 2 is 2.00 bits per heavy atom. The summed E-state index contributed by atoms with van der Waals surface area (Å²) in [5.41, 5.74) is 0.111. The Balaban J connectivity index is 1.85. The molecule has 1 fully saturated rings. The van der Waals surface area contributed by atoms with Crippen LogP contribution in [0.4, 0.5) is 24.5 Å². The van der Waals surface area contributed by atoms with Crippen LogP contribution in [0.25, 0.3) is 0 Å². The number of hydrogen-bond acceptors (Lipinski definition) is 5. The number of aromatic nitrogens is 1. The zero-order valence-corrected chi connectivity index (χ0v) is 23.3. The summed E-state index contributed by atoms with van der Waals surface area (Å²) in [7, 11) is 0.660. The zero-order valence-electron chi connectivity index (χ0n) is 20.7. The van der Waals surface area contributed by atoms with Gasteiger partial charge in [-0.1, -0.05) is 19.6 Å². The van der Waals surface area contributed by atoms with Crippen molar-refractivity contribution in [1.82, 2.24) is 9.88 Å². The fraction of sp³-hybridized carbons (Fsp3) is 0.500. The lowest BCUT2D eigenvalue weighted by Gasteiger charge is -2.39. The smallest absolute Gasteiger partial charge is 0.264 e. The van der Waals surface area contributed by atoms with E-state index < -0.39 is 31.8 Å². The molecule has 1 N–H and O–H groups in total. The molecule has 0 radical (unpaired) electrons. The highest BCUT2D eigenvalue weighted by Gasteiger charge is 2.26. The first-order chi connectivity index (χ1) is 16.4. The van der Waals surface area contributed by atoms with Crippen molar-refractivity contribution in [3.8, 4) is 5.88 Å². The van der Waals surface area contributed by atoms with E-state index in [0.29, 0.717) is 31.1 Å². The fourth-order valence-corrected chi connectivity index (χ4v) is 4.77. The lowest BCUT2D eigenvalue weighted by Crippen LogP contribution is -2.50. The molecule has 1 saturated heterocycles. The Kier molecular flexibility index (Phi) is 8.87. The van der Waals surface area contributed by atoms with Gasteiger partial charge < -0.3 is 19.9 Å². The predicted octanol–water partition coefficient (Wildman–Crippen LogP) is 6.03. The van der Waals surface area contributed by atoms with Crippen LogP contribution in [-0.4, -0.2) is 63.2 Å². The molecule has 0 bridgehead atoms. The summed E-state index contributed by atoms with van der Waals surface area (Å²) >= 11 is 3.16. The first-order valence-corrected chi connectivity index (χ1v) is 16.0. The van der Waals surface area contributed by atoms with Gasteiger partial charge in [-0.15, -0.1) is 0 Å². The number of nitrogens with one attached hydrogen (secondary N) is 1. The Morgan fingerprint density at radius 1 is 1.29 bits per heavy atom. The number of alkyl halides is 2. The number of benzene rings is 1. The molecule has 2 aromatic rings. The van der Waals surface area contributed by atoms with E-state index in [2.05, 4.69) is 57.7 Å². The van der Waals surface area contributed by atoms with Crippen LogP contribution in [-0.2, 0) is 0 Å². The lowest BCUT2D eigenvalue weighted by atomic mass is 10.1. The van der Waals surface area contributed by atoms with Crippen molar-refractivity contribution in [2.75, 3.05) is 43.5 Å². The van der Waals surface area contributed by atoms with E-state index in [0.717, 1.165) is 24.9 Å². The van der Waals surface area contributed by atoms with Gasteiger partial charge in [0.15, 0.2) is 0 Å². The Bertz CT molecular complexity index is 1070. The summed E-state index contributed by atoms with van der Waals surface area (Å²) in [6.07, 6.45) is -1.78. The number of hydrogen-bond donors (Lipinski definition) is 1. The van der Waals surface area contributed by atoms with Gasteiger partial charge in [-0.25, -0.2) is 18.2 Å². The van der Waals surface area contributed by atoms with Gasteiger partial charge in [-0.2, -0.15) is 0 Å². The van der Waals surface area contributed by atoms with E-state index in [-0.39, 0.29) is 22.0 Å². The summed E-state index contributed by atoms with van der Waals surface area (Å²) < 4.78 is 47.9. The molecule has 11 heteroatoms. The monoisotopic (exact) mass is 572 g/mol. The highest BCUT2D eigenvalue weighted by atomic mass is 79.9. The van der Waals surface area contributed by atoms with Crippen molar-refractivity contribution in [3.63, 3.8) is 0 Å². The molecule has 1 unspecified atom stereocenters. The van der Waals surface area contributed by atoms with Crippen LogP contribution >= 0.6 is 15.9 Å². The highest BCUT2D eigenvalue weighted by Crippen LogP contribution is 2.34. The number of halogens is 4.